The van der Waals surface area contributed by atoms with E-state index in [2.05, 4.69) is 40.5 Å². The standard InChI is InChI=1S/C24H30N8O/c33-12-8-17-4-6-19(7-5-17)32-16-18(13-27-32)29-23-24-25-9-11-30(24)22(15-26-23)20-14-28-31-10-2-1-3-21(20)31/h9,11,13-17,19,33H,1-8,10,12H2,(H,26,29)/t17-,19-. The van der Waals surface area contributed by atoms with Gasteiger partial charge in [0.1, 0.15) is 0 Å². The lowest BCUT2D eigenvalue weighted by molar-refractivity contribution is 0.202. The first-order valence-corrected chi connectivity index (χ1v) is 12.1. The van der Waals surface area contributed by atoms with Crippen molar-refractivity contribution in [2.24, 2.45) is 5.92 Å². The molecule has 172 valence electrons. The van der Waals surface area contributed by atoms with Gasteiger partial charge in [0.2, 0.25) is 0 Å². The zero-order chi connectivity index (χ0) is 22.2. The Morgan fingerprint density at radius 1 is 1.03 bits per heavy atom. The van der Waals surface area contributed by atoms with Gasteiger partial charge in [0, 0.05) is 43.0 Å². The molecule has 9 nitrogen and oxygen atoms in total. The highest BCUT2D eigenvalue weighted by molar-refractivity contribution is 5.74. The second-order valence-electron chi connectivity index (χ2n) is 9.32. The van der Waals surface area contributed by atoms with E-state index in [1.165, 1.54) is 18.5 Å². The van der Waals surface area contributed by atoms with Gasteiger partial charge in [0.25, 0.3) is 0 Å². The van der Waals surface area contributed by atoms with E-state index in [1.54, 1.807) is 0 Å². The van der Waals surface area contributed by atoms with Crippen LogP contribution in [0.5, 0.6) is 0 Å². The summed E-state index contributed by atoms with van der Waals surface area (Å²) in [6, 6.07) is 0.422. The zero-order valence-corrected chi connectivity index (χ0v) is 18.8. The average molecular weight is 447 g/mol. The van der Waals surface area contributed by atoms with Crippen LogP contribution >= 0.6 is 0 Å². The Bertz CT molecular complexity index is 1250. The summed E-state index contributed by atoms with van der Waals surface area (Å²) in [4.78, 5) is 9.32. The molecule has 0 radical (unpaired) electrons. The van der Waals surface area contributed by atoms with E-state index in [0.29, 0.717) is 18.6 Å². The monoisotopic (exact) mass is 446 g/mol. The minimum Gasteiger partial charge on any atom is -0.396 e. The zero-order valence-electron chi connectivity index (χ0n) is 18.8. The molecule has 0 atom stereocenters. The van der Waals surface area contributed by atoms with Crippen molar-refractivity contribution in [1.29, 1.82) is 0 Å². The number of anilines is 2. The van der Waals surface area contributed by atoms with Crippen molar-refractivity contribution < 1.29 is 5.11 Å². The number of aryl methyl sites for hydroxylation is 1. The molecule has 0 aromatic carbocycles. The number of hydrogen-bond donors (Lipinski definition) is 2. The molecule has 4 aromatic rings. The molecule has 33 heavy (non-hydrogen) atoms. The molecular formula is C24H30N8O. The summed E-state index contributed by atoms with van der Waals surface area (Å²) in [5.74, 6) is 1.37. The Labute approximate surface area is 192 Å². The Hall–Kier alpha value is -3.20. The minimum absolute atomic E-state index is 0.295. The molecule has 0 saturated heterocycles. The normalized spacial score (nSPS) is 20.8. The van der Waals surface area contributed by atoms with Crippen molar-refractivity contribution in [2.45, 2.75) is 64.0 Å². The van der Waals surface area contributed by atoms with E-state index in [9.17, 15) is 5.11 Å². The summed E-state index contributed by atoms with van der Waals surface area (Å²) in [5.41, 5.74) is 5.16. The van der Waals surface area contributed by atoms with Crippen molar-refractivity contribution in [2.75, 3.05) is 11.9 Å². The van der Waals surface area contributed by atoms with Crippen molar-refractivity contribution in [3.63, 3.8) is 0 Å². The second kappa shape index (κ2) is 8.62. The fraction of sp³-hybridized carbons (Fsp3) is 0.500. The first-order valence-electron chi connectivity index (χ1n) is 12.1. The number of aliphatic hydroxyl groups is 1. The van der Waals surface area contributed by atoms with Crippen LogP contribution in [0, 0.1) is 5.92 Å². The van der Waals surface area contributed by atoms with Gasteiger partial charge in [-0.3, -0.25) is 13.8 Å². The third kappa shape index (κ3) is 3.80. The molecule has 0 bridgehead atoms. The molecule has 1 aliphatic heterocycles. The predicted molar refractivity (Wildman–Crippen MR) is 125 cm³/mol. The molecule has 4 aromatic heterocycles. The van der Waals surface area contributed by atoms with Crippen LogP contribution in [-0.4, -0.2) is 45.6 Å². The first-order chi connectivity index (χ1) is 16.3. The molecule has 1 saturated carbocycles. The topological polar surface area (TPSA) is 98.1 Å². The van der Waals surface area contributed by atoms with Crippen molar-refractivity contribution in [3.8, 4) is 11.3 Å². The van der Waals surface area contributed by atoms with Crippen LogP contribution in [0.1, 0.15) is 56.7 Å². The van der Waals surface area contributed by atoms with Crippen LogP contribution in [0.3, 0.4) is 0 Å². The minimum atomic E-state index is 0.295. The first kappa shape index (κ1) is 20.4. The van der Waals surface area contributed by atoms with Gasteiger partial charge in [-0.15, -0.1) is 0 Å². The highest BCUT2D eigenvalue weighted by Crippen LogP contribution is 2.34. The van der Waals surface area contributed by atoms with Gasteiger partial charge in [0.15, 0.2) is 11.5 Å². The molecule has 0 spiro atoms. The SMILES string of the molecule is OCC[C@H]1CC[C@H](n2cc(Nc3ncc(-c4cnn5c4CCCC5)n4ccnc34)cn2)CC1. The Morgan fingerprint density at radius 2 is 1.94 bits per heavy atom. The highest BCUT2D eigenvalue weighted by atomic mass is 16.3. The van der Waals surface area contributed by atoms with Gasteiger partial charge in [-0.2, -0.15) is 10.2 Å². The van der Waals surface area contributed by atoms with E-state index in [4.69, 9.17) is 4.98 Å². The maximum absolute atomic E-state index is 9.18. The molecule has 2 N–H and O–H groups in total. The van der Waals surface area contributed by atoms with Gasteiger partial charge in [-0.05, 0) is 57.3 Å². The number of nitrogens with one attached hydrogen (secondary N) is 1. The number of imidazole rings is 1. The Morgan fingerprint density at radius 3 is 2.82 bits per heavy atom. The maximum Gasteiger partial charge on any atom is 0.180 e. The van der Waals surface area contributed by atoms with Crippen molar-refractivity contribution >= 4 is 17.2 Å². The van der Waals surface area contributed by atoms with Gasteiger partial charge >= 0.3 is 0 Å². The number of aromatic nitrogens is 7. The van der Waals surface area contributed by atoms with Crippen LogP contribution in [0.15, 0.2) is 37.2 Å². The van der Waals surface area contributed by atoms with Crippen molar-refractivity contribution in [3.05, 3.63) is 42.9 Å². The smallest absolute Gasteiger partial charge is 0.180 e. The van der Waals surface area contributed by atoms with E-state index < -0.39 is 0 Å². The number of aliphatic hydroxyl groups excluding tert-OH is 1. The lowest BCUT2D eigenvalue weighted by Crippen LogP contribution is -2.19. The fourth-order valence-corrected chi connectivity index (χ4v) is 5.46. The van der Waals surface area contributed by atoms with Gasteiger partial charge in [-0.1, -0.05) is 0 Å². The number of rotatable bonds is 6. The largest absolute Gasteiger partial charge is 0.396 e. The van der Waals surface area contributed by atoms with Crippen LogP contribution < -0.4 is 5.32 Å². The number of fused-ring (bicyclic) bond motifs is 2. The van der Waals surface area contributed by atoms with Crippen molar-refractivity contribution in [1.82, 2.24) is 33.9 Å². The molecule has 6 rings (SSSR count). The molecule has 5 heterocycles. The second-order valence-corrected chi connectivity index (χ2v) is 9.32. The van der Waals surface area contributed by atoms with Crippen LogP contribution in [0.4, 0.5) is 11.5 Å². The van der Waals surface area contributed by atoms with Gasteiger partial charge in [-0.25, -0.2) is 9.97 Å². The lowest BCUT2D eigenvalue weighted by atomic mass is 9.84. The summed E-state index contributed by atoms with van der Waals surface area (Å²) in [7, 11) is 0. The molecular weight excluding hydrogens is 416 g/mol. The molecule has 1 aliphatic carbocycles. The highest BCUT2D eigenvalue weighted by Gasteiger charge is 2.23. The van der Waals surface area contributed by atoms with Crippen LogP contribution in [-0.2, 0) is 13.0 Å². The Kier molecular flexibility index (Phi) is 5.33. The Balaban J connectivity index is 1.23. The molecule has 0 amide bonds. The fourth-order valence-electron chi connectivity index (χ4n) is 5.46. The molecule has 2 aliphatic rings. The summed E-state index contributed by atoms with van der Waals surface area (Å²) < 4.78 is 6.29. The van der Waals surface area contributed by atoms with Gasteiger partial charge in [0.05, 0.1) is 36.0 Å². The molecule has 1 fully saturated rings. The lowest BCUT2D eigenvalue weighted by Gasteiger charge is -2.28. The molecule has 0 unspecified atom stereocenters. The van der Waals surface area contributed by atoms with E-state index in [-0.39, 0.29) is 0 Å². The quantitative estimate of drug-likeness (QED) is 0.465. The third-order valence-electron chi connectivity index (χ3n) is 7.28. The summed E-state index contributed by atoms with van der Waals surface area (Å²) >= 11 is 0. The van der Waals surface area contributed by atoms with Gasteiger partial charge < -0.3 is 10.4 Å². The van der Waals surface area contributed by atoms with E-state index in [1.807, 2.05) is 31.0 Å². The van der Waals surface area contributed by atoms with Crippen LogP contribution in [0.25, 0.3) is 16.9 Å². The summed E-state index contributed by atoms with van der Waals surface area (Å²) in [6.07, 6.45) is 20.5. The maximum atomic E-state index is 9.18. The van der Waals surface area contributed by atoms with E-state index >= 15 is 0 Å². The summed E-state index contributed by atoms with van der Waals surface area (Å²) in [5, 5.41) is 21.8. The summed E-state index contributed by atoms with van der Waals surface area (Å²) in [6.45, 7) is 1.28. The predicted octanol–water partition coefficient (Wildman–Crippen LogP) is 3.98. The van der Waals surface area contributed by atoms with Crippen LogP contribution in [0.2, 0.25) is 0 Å². The molecule has 9 heteroatoms. The third-order valence-corrected chi connectivity index (χ3v) is 7.28. The average Bonchev–Trinajstić information content (AvgIpc) is 3.60. The number of hydrogen-bond acceptors (Lipinski definition) is 6. The van der Waals surface area contributed by atoms with E-state index in [0.717, 1.165) is 73.5 Å². The number of nitrogens with zero attached hydrogens (tertiary/aromatic N) is 7.